The van der Waals surface area contributed by atoms with E-state index < -0.39 is 28.7 Å². The molecular weight excluding hydrogens is 306 g/mol. The maximum absolute atomic E-state index is 11.8. The molecule has 0 radical (unpaired) electrons. The first kappa shape index (κ1) is 18.1. The second-order valence-corrected chi connectivity index (χ2v) is 4.76. The first-order valence-corrected chi connectivity index (χ1v) is 6.79. The van der Waals surface area contributed by atoms with Crippen LogP contribution >= 0.6 is 0 Å². The Morgan fingerprint density at radius 3 is 2.30 bits per heavy atom. The lowest BCUT2D eigenvalue weighted by atomic mass is 10.0. The Kier molecular flexibility index (Phi) is 6.66. The molecule has 1 atom stereocenters. The smallest absolute Gasteiger partial charge is 0.303 e. The zero-order valence-electron chi connectivity index (χ0n) is 12.4. The second-order valence-electron chi connectivity index (χ2n) is 4.76. The Morgan fingerprint density at radius 1 is 1.22 bits per heavy atom. The number of carboxylic acids is 1. The van der Waals surface area contributed by atoms with Crippen molar-refractivity contribution < 1.29 is 24.4 Å². The molecule has 0 fully saturated rings. The molecule has 0 aliphatic heterocycles. The molecule has 0 heterocycles. The number of nitro groups is 1. The van der Waals surface area contributed by atoms with E-state index in [2.05, 4.69) is 10.6 Å². The van der Waals surface area contributed by atoms with Gasteiger partial charge in [-0.1, -0.05) is 12.1 Å². The molecule has 0 unspecified atom stereocenters. The summed E-state index contributed by atoms with van der Waals surface area (Å²) in [4.78, 5) is 44.0. The number of rotatable bonds is 8. The van der Waals surface area contributed by atoms with E-state index in [0.717, 1.165) is 0 Å². The standard InChI is InChI=1S/C14H17N3O6/c1-15-14(21)11(16-12(18)6-7-13(19)20)8-9-2-4-10(5-3-9)17(22)23/h2-5,11H,6-8H2,1H3,(H,15,21)(H,16,18)(H,19,20)/t11-/m0/s1. The number of amides is 2. The molecule has 1 rings (SSSR count). The highest BCUT2D eigenvalue weighted by molar-refractivity contribution is 5.88. The van der Waals surface area contributed by atoms with E-state index in [1.54, 1.807) is 0 Å². The number of carbonyl (C=O) groups excluding carboxylic acids is 2. The van der Waals surface area contributed by atoms with Crippen LogP contribution in [-0.2, 0) is 20.8 Å². The van der Waals surface area contributed by atoms with Gasteiger partial charge in [-0.3, -0.25) is 24.5 Å². The van der Waals surface area contributed by atoms with Gasteiger partial charge in [-0.15, -0.1) is 0 Å². The van der Waals surface area contributed by atoms with Crippen LogP contribution in [0, 0.1) is 10.1 Å². The molecule has 0 aliphatic rings. The number of non-ortho nitro benzene ring substituents is 1. The van der Waals surface area contributed by atoms with Crippen LogP contribution in [0.2, 0.25) is 0 Å². The minimum atomic E-state index is -1.10. The highest BCUT2D eigenvalue weighted by Crippen LogP contribution is 2.13. The number of aliphatic carboxylic acids is 1. The first-order valence-electron chi connectivity index (χ1n) is 6.79. The van der Waals surface area contributed by atoms with Crippen LogP contribution < -0.4 is 10.6 Å². The summed E-state index contributed by atoms with van der Waals surface area (Å²) < 4.78 is 0. The number of nitro benzene ring substituents is 1. The summed E-state index contributed by atoms with van der Waals surface area (Å²) >= 11 is 0. The molecule has 9 heteroatoms. The number of carbonyl (C=O) groups is 3. The molecule has 0 saturated heterocycles. The van der Waals surface area contributed by atoms with Gasteiger partial charge in [0, 0.05) is 32.0 Å². The van der Waals surface area contributed by atoms with Crippen LogP contribution in [0.25, 0.3) is 0 Å². The lowest BCUT2D eigenvalue weighted by Gasteiger charge is -2.17. The average molecular weight is 323 g/mol. The number of carboxylic acid groups (broad SMARTS) is 1. The van der Waals surface area contributed by atoms with Crippen molar-refractivity contribution >= 4 is 23.5 Å². The Labute approximate surface area is 131 Å². The predicted molar refractivity (Wildman–Crippen MR) is 79.7 cm³/mol. The van der Waals surface area contributed by atoms with E-state index in [9.17, 15) is 24.5 Å². The van der Waals surface area contributed by atoms with Crippen molar-refractivity contribution in [2.24, 2.45) is 0 Å². The summed E-state index contributed by atoms with van der Waals surface area (Å²) in [6, 6.07) is 4.72. The van der Waals surface area contributed by atoms with Crippen molar-refractivity contribution in [1.82, 2.24) is 10.6 Å². The number of nitrogens with one attached hydrogen (secondary N) is 2. The highest BCUT2D eigenvalue weighted by atomic mass is 16.6. The fourth-order valence-electron chi connectivity index (χ4n) is 1.86. The summed E-state index contributed by atoms with van der Waals surface area (Å²) in [7, 11) is 1.41. The molecule has 23 heavy (non-hydrogen) atoms. The third-order valence-corrected chi connectivity index (χ3v) is 3.05. The summed E-state index contributed by atoms with van der Waals surface area (Å²) in [6.07, 6.45) is -0.427. The molecule has 0 spiro atoms. The number of hydrogen-bond acceptors (Lipinski definition) is 5. The minimum Gasteiger partial charge on any atom is -0.481 e. The van der Waals surface area contributed by atoms with Crippen molar-refractivity contribution in [3.8, 4) is 0 Å². The van der Waals surface area contributed by atoms with Gasteiger partial charge in [0.15, 0.2) is 0 Å². The van der Waals surface area contributed by atoms with Gasteiger partial charge in [0.25, 0.3) is 5.69 Å². The summed E-state index contributed by atoms with van der Waals surface area (Å²) in [5, 5.41) is 24.0. The van der Waals surface area contributed by atoms with E-state index in [0.29, 0.717) is 5.56 Å². The molecule has 3 N–H and O–H groups in total. The van der Waals surface area contributed by atoms with Gasteiger partial charge in [-0.05, 0) is 5.56 Å². The van der Waals surface area contributed by atoms with E-state index in [4.69, 9.17) is 5.11 Å². The number of nitrogens with zero attached hydrogens (tertiary/aromatic N) is 1. The van der Waals surface area contributed by atoms with Crippen molar-refractivity contribution in [1.29, 1.82) is 0 Å². The monoisotopic (exact) mass is 323 g/mol. The largest absolute Gasteiger partial charge is 0.481 e. The number of hydrogen-bond donors (Lipinski definition) is 3. The zero-order valence-corrected chi connectivity index (χ0v) is 12.4. The highest BCUT2D eigenvalue weighted by Gasteiger charge is 2.20. The normalized spacial score (nSPS) is 11.3. The SMILES string of the molecule is CNC(=O)[C@H](Cc1ccc([N+](=O)[O-])cc1)NC(=O)CCC(=O)O. The molecule has 0 aromatic heterocycles. The molecular formula is C14H17N3O6. The quantitative estimate of drug-likeness (QED) is 0.462. The Balaban J connectivity index is 2.74. The van der Waals surface area contributed by atoms with Crippen LogP contribution in [0.1, 0.15) is 18.4 Å². The van der Waals surface area contributed by atoms with Crippen molar-refractivity contribution in [2.75, 3.05) is 7.05 Å². The van der Waals surface area contributed by atoms with Crippen LogP contribution in [0.4, 0.5) is 5.69 Å². The summed E-state index contributed by atoms with van der Waals surface area (Å²) in [6.45, 7) is 0. The lowest BCUT2D eigenvalue weighted by Crippen LogP contribution is -2.47. The molecule has 1 aromatic rings. The molecule has 0 bridgehead atoms. The van der Waals surface area contributed by atoms with Crippen LogP contribution in [0.3, 0.4) is 0 Å². The fraction of sp³-hybridized carbons (Fsp3) is 0.357. The third kappa shape index (κ3) is 6.12. The van der Waals surface area contributed by atoms with Crippen molar-refractivity contribution in [3.63, 3.8) is 0 Å². The van der Waals surface area contributed by atoms with Gasteiger partial charge < -0.3 is 15.7 Å². The van der Waals surface area contributed by atoms with Crippen LogP contribution in [-0.4, -0.2) is 40.9 Å². The summed E-state index contributed by atoms with van der Waals surface area (Å²) in [5.74, 6) is -2.10. The van der Waals surface area contributed by atoms with E-state index in [1.165, 1.54) is 31.3 Å². The first-order chi connectivity index (χ1) is 10.8. The molecule has 0 aliphatic carbocycles. The molecule has 124 valence electrons. The van der Waals surface area contributed by atoms with Gasteiger partial charge in [0.1, 0.15) is 6.04 Å². The Hall–Kier alpha value is -2.97. The van der Waals surface area contributed by atoms with Gasteiger partial charge >= 0.3 is 5.97 Å². The zero-order chi connectivity index (χ0) is 17.4. The maximum atomic E-state index is 11.8. The lowest BCUT2D eigenvalue weighted by molar-refractivity contribution is -0.384. The average Bonchev–Trinajstić information content (AvgIpc) is 2.52. The second kappa shape index (κ2) is 8.47. The fourth-order valence-corrected chi connectivity index (χ4v) is 1.86. The van der Waals surface area contributed by atoms with E-state index in [-0.39, 0.29) is 24.9 Å². The van der Waals surface area contributed by atoms with Crippen molar-refractivity contribution in [2.45, 2.75) is 25.3 Å². The van der Waals surface area contributed by atoms with Crippen LogP contribution in [0.15, 0.2) is 24.3 Å². The summed E-state index contributed by atoms with van der Waals surface area (Å²) in [5.41, 5.74) is 0.554. The predicted octanol–water partition coefficient (Wildman–Crippen LogP) is 0.233. The Morgan fingerprint density at radius 2 is 1.83 bits per heavy atom. The van der Waals surface area contributed by atoms with Gasteiger partial charge in [0.05, 0.1) is 11.3 Å². The van der Waals surface area contributed by atoms with Crippen molar-refractivity contribution in [3.05, 3.63) is 39.9 Å². The molecule has 1 aromatic carbocycles. The molecule has 0 saturated carbocycles. The van der Waals surface area contributed by atoms with Gasteiger partial charge in [-0.25, -0.2) is 0 Å². The molecule has 9 nitrogen and oxygen atoms in total. The van der Waals surface area contributed by atoms with Gasteiger partial charge in [-0.2, -0.15) is 0 Å². The Bertz CT molecular complexity index is 599. The van der Waals surface area contributed by atoms with E-state index in [1.807, 2.05) is 0 Å². The van der Waals surface area contributed by atoms with Crippen LogP contribution in [0.5, 0.6) is 0 Å². The number of benzene rings is 1. The third-order valence-electron chi connectivity index (χ3n) is 3.05. The topological polar surface area (TPSA) is 139 Å². The maximum Gasteiger partial charge on any atom is 0.303 e. The van der Waals surface area contributed by atoms with E-state index >= 15 is 0 Å². The van der Waals surface area contributed by atoms with Gasteiger partial charge in [0.2, 0.25) is 11.8 Å². The number of likely N-dealkylation sites (N-methyl/N-ethyl adjacent to an activating group) is 1. The minimum absolute atomic E-state index is 0.0734. The molecule has 2 amide bonds.